The molecule has 0 heterocycles. The van der Waals surface area contributed by atoms with Gasteiger partial charge in [-0.1, -0.05) is 0 Å². The fraction of sp³-hybridized carbons (Fsp3) is 0.400. The molecule has 0 nitrogen and oxygen atoms in total. The first-order valence-corrected chi connectivity index (χ1v) is 7.57. The van der Waals surface area contributed by atoms with E-state index in [2.05, 4.69) is 51.2 Å². The van der Waals surface area contributed by atoms with Gasteiger partial charge in [0.1, 0.15) is 0 Å². The summed E-state index contributed by atoms with van der Waals surface area (Å²) in [5, 5.41) is 1.54. The monoisotopic (exact) mass is 168 g/mol. The normalized spacial score (nSPS) is 13.1. The van der Waals surface area contributed by atoms with E-state index in [4.69, 9.17) is 0 Å². The predicted octanol–water partition coefficient (Wildman–Crippen LogP) is 2.26. The van der Waals surface area contributed by atoms with Gasteiger partial charge in [0.2, 0.25) is 0 Å². The second kappa shape index (κ2) is 2.95. The third kappa shape index (κ3) is 2.31. The Balaban J connectivity index is 2.99. The van der Waals surface area contributed by atoms with Crippen LogP contribution in [0.3, 0.4) is 0 Å². The van der Waals surface area contributed by atoms with Crippen LogP contribution in [0.25, 0.3) is 0 Å². The van der Waals surface area contributed by atoms with E-state index >= 15 is 0 Å². The zero-order valence-electron chi connectivity index (χ0n) is 7.81. The van der Waals surface area contributed by atoms with Crippen LogP contribution in [0.5, 0.6) is 0 Å². The van der Waals surface area contributed by atoms with Gasteiger partial charge in [0.25, 0.3) is 0 Å². The van der Waals surface area contributed by atoms with Crippen molar-refractivity contribution in [1.29, 1.82) is 0 Å². The Bertz CT molecular complexity index is 228. The molecule has 0 unspecified atom stereocenters. The van der Waals surface area contributed by atoms with Crippen molar-refractivity contribution in [2.24, 2.45) is 0 Å². The molecule has 1 rings (SSSR count). The average molecular weight is 168 g/mol. The van der Waals surface area contributed by atoms with Crippen molar-refractivity contribution < 1.29 is 0 Å². The maximum atomic E-state index is 2.37. The van der Waals surface area contributed by atoms with E-state index in [0.29, 0.717) is 0 Å². The van der Waals surface area contributed by atoms with Crippen molar-refractivity contribution in [3.05, 3.63) is 29.8 Å². The van der Waals surface area contributed by atoms with E-state index in [-0.39, 0.29) is 0 Å². The van der Waals surface area contributed by atoms with Gasteiger partial charge in [0.15, 0.2) is 0 Å². The van der Waals surface area contributed by atoms with Crippen LogP contribution < -0.4 is 5.30 Å². The van der Waals surface area contributed by atoms with E-state index in [1.807, 2.05) is 0 Å². The Labute approximate surface area is 70.0 Å². The van der Waals surface area contributed by atoms with Crippen molar-refractivity contribution in [2.45, 2.75) is 6.92 Å². The first-order chi connectivity index (χ1) is 5.00. The first-order valence-electron chi connectivity index (χ1n) is 4.07. The molecule has 0 aliphatic rings. The molecular formula is C10H17P. The Morgan fingerprint density at radius 2 is 1.36 bits per heavy atom. The molecular weight excluding hydrogens is 151 g/mol. The third-order valence-electron chi connectivity index (χ3n) is 1.92. The van der Waals surface area contributed by atoms with Gasteiger partial charge in [0, 0.05) is 0 Å². The molecule has 0 amide bonds. The topological polar surface area (TPSA) is 0 Å². The van der Waals surface area contributed by atoms with Crippen LogP contribution in [0.15, 0.2) is 24.3 Å². The summed E-state index contributed by atoms with van der Waals surface area (Å²) in [7, 11) is -1.06. The van der Waals surface area contributed by atoms with Gasteiger partial charge >= 0.3 is 69.3 Å². The zero-order chi connectivity index (χ0) is 8.48. The number of aryl methyl sites for hydroxylation is 1. The van der Waals surface area contributed by atoms with Crippen LogP contribution in [-0.4, -0.2) is 20.0 Å². The van der Waals surface area contributed by atoms with Crippen LogP contribution in [-0.2, 0) is 0 Å². The standard InChI is InChI=1S/C10H17P/c1-9-5-7-10(8-6-9)11(2,3)4/h5-8,11H,1-4H3. The second-order valence-corrected chi connectivity index (χ2v) is 9.19. The molecule has 0 spiro atoms. The van der Waals surface area contributed by atoms with Crippen LogP contribution in [0.4, 0.5) is 0 Å². The zero-order valence-corrected chi connectivity index (χ0v) is 8.81. The fourth-order valence-electron chi connectivity index (χ4n) is 1.05. The summed E-state index contributed by atoms with van der Waals surface area (Å²) in [6.07, 6.45) is 0. The molecule has 0 radical (unpaired) electrons. The molecule has 62 valence electrons. The quantitative estimate of drug-likeness (QED) is 0.564. The summed E-state index contributed by atoms with van der Waals surface area (Å²) in [5.41, 5.74) is 1.35. The van der Waals surface area contributed by atoms with Crippen molar-refractivity contribution in [3.63, 3.8) is 0 Å². The molecule has 0 bridgehead atoms. The molecule has 0 aromatic heterocycles. The molecule has 1 aromatic rings. The van der Waals surface area contributed by atoms with E-state index in [1.165, 1.54) is 5.56 Å². The number of rotatable bonds is 1. The average Bonchev–Trinajstić information content (AvgIpc) is 1.86. The predicted molar refractivity (Wildman–Crippen MR) is 56.9 cm³/mol. The van der Waals surface area contributed by atoms with E-state index in [1.54, 1.807) is 5.30 Å². The maximum absolute atomic E-state index is 2.37. The minimum absolute atomic E-state index is 1.06. The van der Waals surface area contributed by atoms with Gasteiger partial charge in [-0.3, -0.25) is 0 Å². The molecule has 11 heavy (non-hydrogen) atoms. The molecule has 0 N–H and O–H groups in total. The first kappa shape index (κ1) is 8.74. The van der Waals surface area contributed by atoms with Crippen molar-refractivity contribution >= 4 is 12.6 Å². The number of hydrogen-bond donors (Lipinski definition) is 0. The number of benzene rings is 1. The van der Waals surface area contributed by atoms with Gasteiger partial charge in [-0.2, -0.15) is 0 Å². The molecule has 0 atom stereocenters. The van der Waals surface area contributed by atoms with Crippen molar-refractivity contribution in [2.75, 3.05) is 20.0 Å². The molecule has 0 saturated carbocycles. The Morgan fingerprint density at radius 1 is 0.909 bits per heavy atom. The van der Waals surface area contributed by atoms with Gasteiger partial charge in [-0.05, 0) is 0 Å². The summed E-state index contributed by atoms with van der Waals surface area (Å²) in [4.78, 5) is 0. The van der Waals surface area contributed by atoms with Crippen molar-refractivity contribution in [1.82, 2.24) is 0 Å². The SMILES string of the molecule is Cc1ccc([PH](C)(C)C)cc1. The molecule has 1 heteroatoms. The van der Waals surface area contributed by atoms with Gasteiger partial charge in [-0.25, -0.2) is 0 Å². The molecule has 1 aromatic carbocycles. The third-order valence-corrected chi connectivity index (χ3v) is 3.98. The summed E-state index contributed by atoms with van der Waals surface area (Å²) >= 11 is 0. The van der Waals surface area contributed by atoms with E-state index < -0.39 is 7.26 Å². The molecule has 0 saturated heterocycles. The molecule has 0 aliphatic carbocycles. The minimum atomic E-state index is -1.06. The van der Waals surface area contributed by atoms with Gasteiger partial charge in [0.05, 0.1) is 0 Å². The van der Waals surface area contributed by atoms with Gasteiger partial charge in [-0.15, -0.1) is 0 Å². The Kier molecular flexibility index (Phi) is 2.34. The van der Waals surface area contributed by atoms with Crippen LogP contribution >= 0.6 is 7.26 Å². The van der Waals surface area contributed by atoms with Gasteiger partial charge < -0.3 is 0 Å². The summed E-state index contributed by atoms with van der Waals surface area (Å²) in [6, 6.07) is 8.93. The van der Waals surface area contributed by atoms with Crippen LogP contribution in [0.2, 0.25) is 0 Å². The van der Waals surface area contributed by atoms with E-state index in [0.717, 1.165) is 0 Å². The summed E-state index contributed by atoms with van der Waals surface area (Å²) in [5.74, 6) is 0. The number of hydrogen-bond acceptors (Lipinski definition) is 0. The Hall–Kier alpha value is -0.350. The van der Waals surface area contributed by atoms with Crippen LogP contribution in [0.1, 0.15) is 5.56 Å². The van der Waals surface area contributed by atoms with E-state index in [9.17, 15) is 0 Å². The Morgan fingerprint density at radius 3 is 1.73 bits per heavy atom. The summed E-state index contributed by atoms with van der Waals surface area (Å²) in [6.45, 7) is 9.25. The molecule has 0 fully saturated rings. The van der Waals surface area contributed by atoms with Crippen LogP contribution in [0, 0.1) is 6.92 Å². The second-order valence-electron chi connectivity index (χ2n) is 4.12. The summed E-state index contributed by atoms with van der Waals surface area (Å²) < 4.78 is 0. The molecule has 0 aliphatic heterocycles. The van der Waals surface area contributed by atoms with Crippen molar-refractivity contribution in [3.8, 4) is 0 Å². The fourth-order valence-corrected chi connectivity index (χ4v) is 2.22.